The standard InChI is InChI=1S/C27H51N6O8P.H2O/c1-16(2)23(28)25(38)32-14-21(36)30-12-19(34)10-27(42(40)41,18-8-6-5-7-9-18)11-20(35)13-31-22(37)15-33-26(39)24(29)17(3)4;/h16-20,23-24,34-35H,5-15,28-29H2,1-4H3,(H4-,30,31,32,33,36,37,38,39,40,41);1H2/p+1/t19-,20-,23+,24+;/m1./s1. The summed E-state index contributed by atoms with van der Waals surface area (Å²) >= 11 is 0. The van der Waals surface area contributed by atoms with Crippen molar-refractivity contribution >= 4 is 31.7 Å². The highest BCUT2D eigenvalue weighted by Gasteiger charge is 2.57. The molecule has 0 aromatic heterocycles. The number of hydrogen-bond acceptors (Lipinski definition) is 9. The third kappa shape index (κ3) is 13.9. The number of nitrogens with two attached hydrogens (primary N) is 2. The van der Waals surface area contributed by atoms with Gasteiger partial charge < -0.3 is 48.4 Å². The van der Waals surface area contributed by atoms with Gasteiger partial charge in [0.05, 0.1) is 37.4 Å². The van der Waals surface area contributed by atoms with Crippen LogP contribution in [0.5, 0.6) is 0 Å². The molecule has 43 heavy (non-hydrogen) atoms. The van der Waals surface area contributed by atoms with E-state index in [1.165, 1.54) is 0 Å². The van der Waals surface area contributed by atoms with Crippen LogP contribution in [0.1, 0.15) is 72.6 Å². The zero-order chi connectivity index (χ0) is 32.0. The zero-order valence-electron chi connectivity index (χ0n) is 25.8. The van der Waals surface area contributed by atoms with E-state index in [1.54, 1.807) is 27.7 Å². The Morgan fingerprint density at radius 2 is 1.14 bits per heavy atom. The lowest BCUT2D eigenvalue weighted by molar-refractivity contribution is -0.127. The van der Waals surface area contributed by atoms with E-state index in [0.717, 1.165) is 19.3 Å². The van der Waals surface area contributed by atoms with E-state index in [4.69, 9.17) is 11.5 Å². The number of carbonyl (C=O) groups is 4. The first-order chi connectivity index (χ1) is 19.6. The van der Waals surface area contributed by atoms with Gasteiger partial charge in [0.25, 0.3) is 0 Å². The number of carbonyl (C=O) groups excluding carboxylic acids is 4. The fraction of sp³-hybridized carbons (Fsp3) is 0.852. The third-order valence-electron chi connectivity index (χ3n) is 7.88. The zero-order valence-corrected chi connectivity index (χ0v) is 26.7. The Kier molecular flexibility index (Phi) is 18.9. The molecular weight excluding hydrogens is 583 g/mol. The lowest BCUT2D eigenvalue weighted by Crippen LogP contribution is -2.49. The minimum Gasteiger partial charge on any atom is -0.412 e. The summed E-state index contributed by atoms with van der Waals surface area (Å²) in [7, 11) is -2.88. The first-order valence-electron chi connectivity index (χ1n) is 14.7. The van der Waals surface area contributed by atoms with Gasteiger partial charge in [-0.3, -0.25) is 19.2 Å². The highest BCUT2D eigenvalue weighted by Crippen LogP contribution is 2.53. The Bertz CT molecular complexity index is 863. The van der Waals surface area contributed by atoms with E-state index in [-0.39, 0.29) is 62.3 Å². The van der Waals surface area contributed by atoms with Crippen LogP contribution >= 0.6 is 8.03 Å². The minimum atomic E-state index is -2.88. The van der Waals surface area contributed by atoms with E-state index in [2.05, 4.69) is 21.3 Å². The molecule has 250 valence electrons. The Labute approximate surface area is 254 Å². The highest BCUT2D eigenvalue weighted by molar-refractivity contribution is 7.40. The van der Waals surface area contributed by atoms with E-state index < -0.39 is 61.1 Å². The van der Waals surface area contributed by atoms with Crippen molar-refractivity contribution in [3.8, 4) is 0 Å². The van der Waals surface area contributed by atoms with Crippen LogP contribution in [0.15, 0.2) is 0 Å². The van der Waals surface area contributed by atoms with Crippen molar-refractivity contribution in [1.29, 1.82) is 0 Å². The summed E-state index contributed by atoms with van der Waals surface area (Å²) in [5.41, 5.74) is 11.5. The molecule has 1 fully saturated rings. The van der Waals surface area contributed by atoms with Gasteiger partial charge in [0, 0.05) is 31.8 Å². The summed E-state index contributed by atoms with van der Waals surface area (Å²) in [5, 5.41) is 30.2. The van der Waals surface area contributed by atoms with Crippen molar-refractivity contribution < 1.29 is 44.3 Å². The predicted molar refractivity (Wildman–Crippen MR) is 162 cm³/mol. The van der Waals surface area contributed by atoms with Gasteiger partial charge >= 0.3 is 8.03 Å². The lowest BCUT2D eigenvalue weighted by Gasteiger charge is -2.36. The molecule has 1 aliphatic rings. The molecule has 0 spiro atoms. The largest absolute Gasteiger partial charge is 0.512 e. The average molecular weight is 638 g/mol. The minimum absolute atomic E-state index is 0. The second kappa shape index (κ2) is 19.9. The Balaban J connectivity index is 0.0000176. The van der Waals surface area contributed by atoms with Gasteiger partial charge in [-0.25, -0.2) is 0 Å². The number of amides is 4. The van der Waals surface area contributed by atoms with Crippen molar-refractivity contribution in [1.82, 2.24) is 21.3 Å². The van der Waals surface area contributed by atoms with E-state index in [9.17, 15) is 38.8 Å². The molecule has 16 heteroatoms. The molecule has 1 saturated carbocycles. The molecule has 13 N–H and O–H groups in total. The van der Waals surface area contributed by atoms with Gasteiger partial charge in [-0.2, -0.15) is 4.89 Å². The van der Waals surface area contributed by atoms with Gasteiger partial charge in [0.15, 0.2) is 0 Å². The Hall–Kier alpha value is -2.26. The fourth-order valence-electron chi connectivity index (χ4n) is 5.09. The molecule has 5 atom stereocenters. The molecule has 0 saturated heterocycles. The van der Waals surface area contributed by atoms with E-state index >= 15 is 0 Å². The molecule has 0 bridgehead atoms. The van der Waals surface area contributed by atoms with Crippen molar-refractivity contribution in [2.24, 2.45) is 29.2 Å². The number of aliphatic hydroxyl groups excluding tert-OH is 2. The van der Waals surface area contributed by atoms with Crippen LogP contribution in [0.4, 0.5) is 0 Å². The maximum Gasteiger partial charge on any atom is 0.512 e. The highest BCUT2D eigenvalue weighted by atomic mass is 31.1. The van der Waals surface area contributed by atoms with Crippen LogP contribution in [-0.4, -0.2) is 99.8 Å². The molecule has 0 aliphatic heterocycles. The molecule has 0 radical (unpaired) electrons. The third-order valence-corrected chi connectivity index (χ3v) is 9.37. The molecule has 1 rings (SSSR count). The quantitative estimate of drug-likeness (QED) is 0.0756. The fourth-order valence-corrected chi connectivity index (χ4v) is 6.40. The molecule has 0 aromatic carbocycles. The monoisotopic (exact) mass is 637 g/mol. The Morgan fingerprint density at radius 1 is 0.767 bits per heavy atom. The van der Waals surface area contributed by atoms with Gasteiger partial charge in [-0.15, -0.1) is 0 Å². The molecule has 1 unspecified atom stereocenters. The normalized spacial score (nSPS) is 17.2. The second-order valence-corrected chi connectivity index (χ2v) is 13.4. The summed E-state index contributed by atoms with van der Waals surface area (Å²) < 4.78 is 12.9. The number of aliphatic hydroxyl groups is 2. The number of rotatable bonds is 18. The van der Waals surface area contributed by atoms with Crippen LogP contribution in [0.2, 0.25) is 0 Å². The summed E-state index contributed by atoms with van der Waals surface area (Å²) in [4.78, 5) is 59.0. The first kappa shape index (κ1) is 40.7. The van der Waals surface area contributed by atoms with Crippen molar-refractivity contribution in [2.75, 3.05) is 26.2 Å². The van der Waals surface area contributed by atoms with Gasteiger partial charge in [-0.1, -0.05) is 47.0 Å². The summed E-state index contributed by atoms with van der Waals surface area (Å²) in [6.07, 6.45) is 1.19. The predicted octanol–water partition coefficient (Wildman–Crippen LogP) is -1.85. The molecule has 15 nitrogen and oxygen atoms in total. The topological polar surface area (TPSA) is 278 Å². The van der Waals surface area contributed by atoms with Crippen molar-refractivity contribution in [3.63, 3.8) is 0 Å². The lowest BCUT2D eigenvalue weighted by atomic mass is 9.74. The molecule has 4 amide bonds. The molecular formula is C27H54N6O9P+. The van der Waals surface area contributed by atoms with Crippen molar-refractivity contribution in [2.45, 2.75) is 102 Å². The maximum absolute atomic E-state index is 12.9. The molecule has 0 heterocycles. The van der Waals surface area contributed by atoms with Crippen LogP contribution in [-0.2, 0) is 23.7 Å². The van der Waals surface area contributed by atoms with Crippen LogP contribution in [0, 0.1) is 17.8 Å². The summed E-state index contributed by atoms with van der Waals surface area (Å²) in [6.45, 7) is 5.98. The number of nitrogens with one attached hydrogen (secondary N) is 4. The van der Waals surface area contributed by atoms with Crippen LogP contribution in [0.25, 0.3) is 0 Å². The van der Waals surface area contributed by atoms with E-state index in [1.807, 2.05) is 0 Å². The van der Waals surface area contributed by atoms with Gasteiger partial charge in [-0.05, 0) is 29.2 Å². The first-order valence-corrected chi connectivity index (χ1v) is 15.9. The van der Waals surface area contributed by atoms with Crippen LogP contribution in [0.3, 0.4) is 0 Å². The SMILES string of the molecule is CC(C)[C@H](N)C(=O)NCC(=O)NC[C@H](O)CC(C[C@@H](O)CNC(=O)CNC(=O)[C@@H](N)C(C)C)(C1CCCCC1)[P+](=O)O.O. The van der Waals surface area contributed by atoms with Gasteiger partial charge in [0.1, 0.15) is 0 Å². The smallest absolute Gasteiger partial charge is 0.412 e. The molecule has 0 aromatic rings. The summed E-state index contributed by atoms with van der Waals surface area (Å²) in [5.74, 6) is -2.54. The molecule has 1 aliphatic carbocycles. The van der Waals surface area contributed by atoms with Crippen LogP contribution < -0.4 is 32.7 Å². The van der Waals surface area contributed by atoms with E-state index in [0.29, 0.717) is 12.8 Å². The maximum atomic E-state index is 12.9. The Morgan fingerprint density at radius 3 is 1.47 bits per heavy atom. The van der Waals surface area contributed by atoms with Gasteiger partial charge in [0.2, 0.25) is 28.8 Å². The number of hydrogen-bond donors (Lipinski definition) is 9. The second-order valence-electron chi connectivity index (χ2n) is 12.0. The van der Waals surface area contributed by atoms with Crippen molar-refractivity contribution in [3.05, 3.63) is 0 Å². The average Bonchev–Trinajstić information content (AvgIpc) is 2.95. The summed E-state index contributed by atoms with van der Waals surface area (Å²) in [6, 6.07) is -1.53.